The van der Waals surface area contributed by atoms with Crippen molar-refractivity contribution in [3.63, 3.8) is 0 Å². The highest BCUT2D eigenvalue weighted by Gasteiger charge is 2.34. The fraction of sp³-hybridized carbons (Fsp3) is 0.150. The SMILES string of the molecule is CC(Oc1ccc2ccccc2c1Br)C(=O)Nc1ccccc1C(F)(F)F. The molecule has 0 saturated heterocycles. The van der Waals surface area contributed by atoms with Crippen molar-refractivity contribution in [2.45, 2.75) is 19.2 Å². The van der Waals surface area contributed by atoms with Crippen LogP contribution in [0.3, 0.4) is 0 Å². The van der Waals surface area contributed by atoms with Crippen molar-refractivity contribution in [1.82, 2.24) is 0 Å². The van der Waals surface area contributed by atoms with Crippen molar-refractivity contribution in [1.29, 1.82) is 0 Å². The number of amides is 1. The summed E-state index contributed by atoms with van der Waals surface area (Å²) in [6.45, 7) is 1.48. The Kier molecular flexibility index (Phi) is 5.41. The smallest absolute Gasteiger partial charge is 0.418 e. The molecule has 0 aromatic heterocycles. The van der Waals surface area contributed by atoms with E-state index in [1.54, 1.807) is 6.07 Å². The Morgan fingerprint density at radius 2 is 1.70 bits per heavy atom. The van der Waals surface area contributed by atoms with Gasteiger partial charge in [0, 0.05) is 0 Å². The van der Waals surface area contributed by atoms with Crippen molar-refractivity contribution in [2.24, 2.45) is 0 Å². The van der Waals surface area contributed by atoms with E-state index in [1.807, 2.05) is 30.3 Å². The van der Waals surface area contributed by atoms with E-state index in [-0.39, 0.29) is 5.69 Å². The van der Waals surface area contributed by atoms with Crippen LogP contribution in [0.1, 0.15) is 12.5 Å². The minimum absolute atomic E-state index is 0.303. The molecule has 3 nitrogen and oxygen atoms in total. The second kappa shape index (κ2) is 7.60. The Labute approximate surface area is 162 Å². The number of carbonyl (C=O) groups is 1. The number of rotatable bonds is 4. The van der Waals surface area contributed by atoms with E-state index >= 15 is 0 Å². The second-order valence-corrected chi connectivity index (χ2v) is 6.68. The number of hydrogen-bond acceptors (Lipinski definition) is 2. The van der Waals surface area contributed by atoms with Crippen molar-refractivity contribution in [3.8, 4) is 5.75 Å². The Morgan fingerprint density at radius 1 is 1.04 bits per heavy atom. The van der Waals surface area contributed by atoms with Gasteiger partial charge in [-0.25, -0.2) is 0 Å². The van der Waals surface area contributed by atoms with Gasteiger partial charge < -0.3 is 10.1 Å². The normalized spacial score (nSPS) is 12.6. The van der Waals surface area contributed by atoms with Crippen molar-refractivity contribution >= 4 is 38.3 Å². The number of fused-ring (bicyclic) bond motifs is 1. The molecule has 3 aromatic carbocycles. The van der Waals surface area contributed by atoms with Crippen LogP contribution in [-0.2, 0) is 11.0 Å². The first-order chi connectivity index (χ1) is 12.8. The molecule has 0 fully saturated rings. The highest BCUT2D eigenvalue weighted by molar-refractivity contribution is 9.10. The number of alkyl halides is 3. The molecule has 7 heteroatoms. The van der Waals surface area contributed by atoms with Gasteiger partial charge in [-0.2, -0.15) is 13.2 Å². The van der Waals surface area contributed by atoms with Crippen LogP contribution in [0.25, 0.3) is 10.8 Å². The first-order valence-corrected chi connectivity index (χ1v) is 8.87. The van der Waals surface area contributed by atoms with Gasteiger partial charge in [-0.3, -0.25) is 4.79 Å². The van der Waals surface area contributed by atoms with E-state index in [1.165, 1.54) is 25.1 Å². The van der Waals surface area contributed by atoms with E-state index in [0.29, 0.717) is 10.2 Å². The predicted octanol–water partition coefficient (Wildman–Crippen LogP) is 6.03. The average Bonchev–Trinajstić information content (AvgIpc) is 2.63. The third-order valence-corrected chi connectivity index (χ3v) is 4.81. The Hall–Kier alpha value is -2.54. The number of ether oxygens (including phenoxy) is 1. The molecule has 140 valence electrons. The summed E-state index contributed by atoms with van der Waals surface area (Å²) in [4.78, 5) is 12.4. The zero-order valence-corrected chi connectivity index (χ0v) is 15.8. The van der Waals surface area contributed by atoms with Gasteiger partial charge in [-0.1, -0.05) is 42.5 Å². The Bertz CT molecular complexity index is 988. The number of para-hydroxylation sites is 1. The molecule has 3 aromatic rings. The predicted molar refractivity (Wildman–Crippen MR) is 102 cm³/mol. The Morgan fingerprint density at radius 3 is 2.44 bits per heavy atom. The average molecular weight is 438 g/mol. The lowest BCUT2D eigenvalue weighted by atomic mass is 10.1. The van der Waals surface area contributed by atoms with E-state index in [9.17, 15) is 18.0 Å². The third kappa shape index (κ3) is 4.24. The Balaban J connectivity index is 1.79. The lowest BCUT2D eigenvalue weighted by molar-refractivity contribution is -0.137. The van der Waals surface area contributed by atoms with Crippen molar-refractivity contribution < 1.29 is 22.7 Å². The van der Waals surface area contributed by atoms with Gasteiger partial charge in [0.05, 0.1) is 15.7 Å². The zero-order chi connectivity index (χ0) is 19.6. The molecule has 1 unspecified atom stereocenters. The maximum atomic E-state index is 13.1. The molecule has 0 aliphatic rings. The number of anilines is 1. The topological polar surface area (TPSA) is 38.3 Å². The molecule has 0 bridgehead atoms. The highest BCUT2D eigenvalue weighted by atomic mass is 79.9. The van der Waals surface area contributed by atoms with E-state index in [2.05, 4.69) is 21.2 Å². The molecule has 1 N–H and O–H groups in total. The van der Waals surface area contributed by atoms with E-state index in [0.717, 1.165) is 16.8 Å². The fourth-order valence-corrected chi connectivity index (χ4v) is 3.21. The first-order valence-electron chi connectivity index (χ1n) is 8.08. The first kappa shape index (κ1) is 19.2. The highest BCUT2D eigenvalue weighted by Crippen LogP contribution is 2.35. The summed E-state index contributed by atoms with van der Waals surface area (Å²) in [7, 11) is 0. The van der Waals surface area contributed by atoms with Crippen molar-refractivity contribution in [3.05, 3.63) is 70.7 Å². The van der Waals surface area contributed by atoms with E-state index in [4.69, 9.17) is 4.74 Å². The molecular weight excluding hydrogens is 423 g/mol. The van der Waals surface area contributed by atoms with Gasteiger partial charge in [0.2, 0.25) is 0 Å². The lowest BCUT2D eigenvalue weighted by Crippen LogP contribution is -2.31. The number of benzene rings is 3. The lowest BCUT2D eigenvalue weighted by Gasteiger charge is -2.18. The summed E-state index contributed by atoms with van der Waals surface area (Å²) in [5.41, 5.74) is -1.21. The van der Waals surface area contributed by atoms with Crippen LogP contribution >= 0.6 is 15.9 Å². The minimum Gasteiger partial charge on any atom is -0.480 e. The molecule has 0 radical (unpaired) electrons. The van der Waals surface area contributed by atoms with Gasteiger partial charge in [-0.05, 0) is 51.8 Å². The standard InChI is InChI=1S/C20H15BrF3NO2/c1-12(19(26)25-16-9-5-4-8-15(16)20(22,23)24)27-17-11-10-13-6-2-3-7-14(13)18(17)21/h2-12H,1H3,(H,25,26). The number of hydrogen-bond donors (Lipinski definition) is 1. The summed E-state index contributed by atoms with van der Waals surface area (Å²) >= 11 is 3.46. The van der Waals surface area contributed by atoms with E-state index < -0.39 is 23.8 Å². The number of halogens is 4. The van der Waals surface area contributed by atoms with Gasteiger partial charge in [-0.15, -0.1) is 0 Å². The van der Waals surface area contributed by atoms with Crippen LogP contribution in [0.5, 0.6) is 5.75 Å². The van der Waals surface area contributed by atoms with Crippen LogP contribution in [0, 0.1) is 0 Å². The van der Waals surface area contributed by atoms with Gasteiger partial charge in [0.1, 0.15) is 5.75 Å². The van der Waals surface area contributed by atoms with Crippen LogP contribution in [0.15, 0.2) is 65.1 Å². The molecule has 1 atom stereocenters. The summed E-state index contributed by atoms with van der Waals surface area (Å²) in [5, 5.41) is 4.20. The minimum atomic E-state index is -4.56. The summed E-state index contributed by atoms with van der Waals surface area (Å²) < 4.78 is 45.5. The van der Waals surface area contributed by atoms with Crippen LogP contribution in [0.2, 0.25) is 0 Å². The second-order valence-electron chi connectivity index (χ2n) is 5.89. The fourth-order valence-electron chi connectivity index (χ4n) is 2.62. The molecule has 0 saturated carbocycles. The molecule has 1 amide bonds. The molecule has 0 aliphatic carbocycles. The van der Waals surface area contributed by atoms with Gasteiger partial charge in [0.15, 0.2) is 6.10 Å². The summed E-state index contributed by atoms with van der Waals surface area (Å²) in [5.74, 6) is -0.243. The maximum absolute atomic E-state index is 13.1. The molecule has 0 spiro atoms. The van der Waals surface area contributed by atoms with Gasteiger partial charge >= 0.3 is 6.18 Å². The van der Waals surface area contributed by atoms with Gasteiger partial charge in [0.25, 0.3) is 5.91 Å². The maximum Gasteiger partial charge on any atom is 0.418 e. The monoisotopic (exact) mass is 437 g/mol. The molecule has 27 heavy (non-hydrogen) atoms. The van der Waals surface area contributed by atoms with Crippen LogP contribution in [0.4, 0.5) is 18.9 Å². The van der Waals surface area contributed by atoms with Crippen molar-refractivity contribution in [2.75, 3.05) is 5.32 Å². The third-order valence-electron chi connectivity index (χ3n) is 3.99. The quantitative estimate of drug-likeness (QED) is 0.541. The van der Waals surface area contributed by atoms with Crippen LogP contribution < -0.4 is 10.1 Å². The van der Waals surface area contributed by atoms with Crippen LogP contribution in [-0.4, -0.2) is 12.0 Å². The largest absolute Gasteiger partial charge is 0.480 e. The molecular formula is C20H15BrF3NO2. The summed E-state index contributed by atoms with van der Waals surface area (Å²) in [6.07, 6.45) is -5.56. The zero-order valence-electron chi connectivity index (χ0n) is 14.2. The molecule has 0 heterocycles. The number of nitrogens with one attached hydrogen (secondary N) is 1. The molecule has 3 rings (SSSR count). The molecule has 0 aliphatic heterocycles. The number of carbonyl (C=O) groups excluding carboxylic acids is 1. The summed E-state index contributed by atoms with van der Waals surface area (Å²) in [6, 6.07) is 16.0.